The second-order valence-electron chi connectivity index (χ2n) is 5.17. The third-order valence-corrected chi connectivity index (χ3v) is 3.50. The van der Waals surface area contributed by atoms with Gasteiger partial charge in [0.05, 0.1) is 11.2 Å². The maximum Gasteiger partial charge on any atom is 0.251 e. The van der Waals surface area contributed by atoms with Crippen LogP contribution in [0.3, 0.4) is 0 Å². The quantitative estimate of drug-likeness (QED) is 0.784. The molecule has 0 aliphatic heterocycles. The van der Waals surface area contributed by atoms with Crippen LogP contribution in [0.1, 0.15) is 23.0 Å². The van der Waals surface area contributed by atoms with Gasteiger partial charge in [0, 0.05) is 17.5 Å². The topological polar surface area (TPSA) is 51.2 Å². The Morgan fingerprint density at radius 2 is 1.83 bits per heavy atom. The zero-order valence-corrected chi connectivity index (χ0v) is 13.0. The van der Waals surface area contributed by atoms with E-state index >= 15 is 0 Å². The van der Waals surface area contributed by atoms with Gasteiger partial charge < -0.3 is 10.1 Å². The molecule has 1 heterocycles. The number of aromatic nitrogens is 1. The number of carbonyl (C=O) groups excluding carboxylic acids is 1. The number of benzene rings is 2. The first-order valence-electron chi connectivity index (χ1n) is 7.62. The van der Waals surface area contributed by atoms with Crippen molar-refractivity contribution < 1.29 is 9.53 Å². The van der Waals surface area contributed by atoms with Crippen LogP contribution in [0.4, 0.5) is 0 Å². The van der Waals surface area contributed by atoms with Crippen molar-refractivity contribution in [1.82, 2.24) is 10.3 Å². The summed E-state index contributed by atoms with van der Waals surface area (Å²) in [6, 6.07) is 19.1. The molecule has 0 spiro atoms. The third-order valence-electron chi connectivity index (χ3n) is 3.50. The van der Waals surface area contributed by atoms with Crippen LogP contribution >= 0.6 is 0 Å². The monoisotopic (exact) mass is 306 g/mol. The lowest BCUT2D eigenvalue weighted by molar-refractivity contribution is 0.0956. The number of amides is 1. The summed E-state index contributed by atoms with van der Waals surface area (Å²) in [5.41, 5.74) is 2.46. The number of hydrogen-bond donors (Lipinski definition) is 1. The fourth-order valence-corrected chi connectivity index (χ4v) is 2.31. The fourth-order valence-electron chi connectivity index (χ4n) is 2.31. The van der Waals surface area contributed by atoms with Gasteiger partial charge in [0.2, 0.25) is 0 Å². The van der Waals surface area contributed by atoms with Crippen LogP contribution in [-0.4, -0.2) is 17.4 Å². The number of ether oxygens (including phenoxy) is 1. The van der Waals surface area contributed by atoms with Crippen molar-refractivity contribution >= 4 is 16.8 Å². The second-order valence-corrected chi connectivity index (χ2v) is 5.17. The van der Waals surface area contributed by atoms with Crippen LogP contribution in [0.15, 0.2) is 60.7 Å². The van der Waals surface area contributed by atoms with Gasteiger partial charge in [0.15, 0.2) is 0 Å². The van der Waals surface area contributed by atoms with Gasteiger partial charge in [-0.15, -0.1) is 0 Å². The first-order chi connectivity index (χ1) is 11.3. The highest BCUT2D eigenvalue weighted by molar-refractivity contribution is 5.94. The predicted octanol–water partition coefficient (Wildman–Crippen LogP) is 3.56. The zero-order valence-electron chi connectivity index (χ0n) is 13.0. The SMILES string of the molecule is CCNC(=O)c1ccc(OCc2ccc3ccccc3n2)cc1. The molecule has 0 aliphatic rings. The summed E-state index contributed by atoms with van der Waals surface area (Å²) in [6.45, 7) is 2.90. The molecule has 0 bridgehead atoms. The van der Waals surface area contributed by atoms with Crippen molar-refractivity contribution in [2.45, 2.75) is 13.5 Å². The molecule has 0 saturated heterocycles. The highest BCUT2D eigenvalue weighted by atomic mass is 16.5. The highest BCUT2D eigenvalue weighted by Gasteiger charge is 2.04. The minimum atomic E-state index is -0.0738. The molecule has 0 radical (unpaired) electrons. The van der Waals surface area contributed by atoms with Crippen LogP contribution < -0.4 is 10.1 Å². The average molecular weight is 306 g/mol. The molecule has 0 saturated carbocycles. The Kier molecular flexibility index (Phi) is 4.52. The average Bonchev–Trinajstić information content (AvgIpc) is 2.60. The van der Waals surface area contributed by atoms with Crippen LogP contribution in [-0.2, 0) is 6.61 Å². The minimum Gasteiger partial charge on any atom is -0.487 e. The molecule has 23 heavy (non-hydrogen) atoms. The Balaban J connectivity index is 1.66. The molecule has 1 N–H and O–H groups in total. The molecular formula is C19H18N2O2. The zero-order chi connectivity index (χ0) is 16.1. The van der Waals surface area contributed by atoms with Gasteiger partial charge in [-0.05, 0) is 43.3 Å². The predicted molar refractivity (Wildman–Crippen MR) is 90.5 cm³/mol. The fraction of sp³-hybridized carbons (Fsp3) is 0.158. The van der Waals surface area contributed by atoms with E-state index in [1.54, 1.807) is 24.3 Å². The molecule has 0 aliphatic carbocycles. The first-order valence-corrected chi connectivity index (χ1v) is 7.62. The molecule has 0 unspecified atom stereocenters. The van der Waals surface area contributed by atoms with Gasteiger partial charge in [-0.25, -0.2) is 4.98 Å². The van der Waals surface area contributed by atoms with Crippen LogP contribution in [0.25, 0.3) is 10.9 Å². The summed E-state index contributed by atoms with van der Waals surface area (Å²) >= 11 is 0. The standard InChI is InChI=1S/C19H18N2O2/c1-2-20-19(22)15-8-11-17(12-9-15)23-13-16-10-7-14-5-3-4-6-18(14)21-16/h3-12H,2,13H2,1H3,(H,20,22). The summed E-state index contributed by atoms with van der Waals surface area (Å²) in [4.78, 5) is 16.3. The van der Waals surface area contributed by atoms with Gasteiger partial charge in [0.1, 0.15) is 12.4 Å². The van der Waals surface area contributed by atoms with Crippen LogP contribution in [0.2, 0.25) is 0 Å². The lowest BCUT2D eigenvalue weighted by Crippen LogP contribution is -2.22. The van der Waals surface area contributed by atoms with Gasteiger partial charge >= 0.3 is 0 Å². The first kappa shape index (κ1) is 15.0. The summed E-state index contributed by atoms with van der Waals surface area (Å²) in [7, 11) is 0. The lowest BCUT2D eigenvalue weighted by Gasteiger charge is -2.08. The van der Waals surface area contributed by atoms with E-state index in [-0.39, 0.29) is 5.91 Å². The van der Waals surface area contributed by atoms with Crippen molar-refractivity contribution in [2.75, 3.05) is 6.54 Å². The maximum absolute atomic E-state index is 11.7. The number of pyridine rings is 1. The highest BCUT2D eigenvalue weighted by Crippen LogP contribution is 2.16. The van der Waals surface area contributed by atoms with Crippen molar-refractivity contribution in [3.8, 4) is 5.75 Å². The minimum absolute atomic E-state index is 0.0738. The molecule has 1 amide bonds. The molecule has 0 atom stereocenters. The summed E-state index contributed by atoms with van der Waals surface area (Å²) in [5, 5.41) is 3.88. The lowest BCUT2D eigenvalue weighted by atomic mass is 10.2. The van der Waals surface area contributed by atoms with Crippen molar-refractivity contribution in [2.24, 2.45) is 0 Å². The Bertz CT molecular complexity index is 813. The van der Waals surface area contributed by atoms with Crippen LogP contribution in [0, 0.1) is 0 Å². The van der Waals surface area contributed by atoms with Crippen LogP contribution in [0.5, 0.6) is 5.75 Å². The van der Waals surface area contributed by atoms with E-state index in [4.69, 9.17) is 4.74 Å². The van der Waals surface area contributed by atoms with E-state index in [9.17, 15) is 4.79 Å². The number of fused-ring (bicyclic) bond motifs is 1. The maximum atomic E-state index is 11.7. The number of para-hydroxylation sites is 1. The van der Waals surface area contributed by atoms with Crippen molar-refractivity contribution in [3.63, 3.8) is 0 Å². The normalized spacial score (nSPS) is 10.5. The van der Waals surface area contributed by atoms with Gasteiger partial charge in [-0.1, -0.05) is 24.3 Å². The summed E-state index contributed by atoms with van der Waals surface area (Å²) in [5.74, 6) is 0.642. The number of hydrogen-bond acceptors (Lipinski definition) is 3. The molecule has 0 fully saturated rings. The van der Waals surface area contributed by atoms with E-state index in [1.165, 1.54) is 0 Å². The van der Waals surface area contributed by atoms with Gasteiger partial charge in [0.25, 0.3) is 5.91 Å². The number of nitrogens with zero attached hydrogens (tertiary/aromatic N) is 1. The molecule has 2 aromatic carbocycles. The molecule has 4 heteroatoms. The van der Waals surface area contributed by atoms with E-state index in [0.29, 0.717) is 24.5 Å². The molecule has 3 rings (SSSR count). The Morgan fingerprint density at radius 1 is 1.04 bits per heavy atom. The van der Waals surface area contributed by atoms with Crippen molar-refractivity contribution in [3.05, 3.63) is 71.9 Å². The molecule has 3 aromatic rings. The smallest absolute Gasteiger partial charge is 0.251 e. The van der Waals surface area contributed by atoms with E-state index < -0.39 is 0 Å². The molecular weight excluding hydrogens is 288 g/mol. The Morgan fingerprint density at radius 3 is 2.61 bits per heavy atom. The van der Waals surface area contributed by atoms with Gasteiger partial charge in [-0.2, -0.15) is 0 Å². The largest absolute Gasteiger partial charge is 0.487 e. The number of nitrogens with one attached hydrogen (secondary N) is 1. The molecule has 1 aromatic heterocycles. The van der Waals surface area contributed by atoms with Crippen molar-refractivity contribution in [1.29, 1.82) is 0 Å². The second kappa shape index (κ2) is 6.92. The van der Waals surface area contributed by atoms with E-state index in [1.807, 2.05) is 43.3 Å². The number of rotatable bonds is 5. The summed E-state index contributed by atoms with van der Waals surface area (Å²) in [6.07, 6.45) is 0. The number of carbonyl (C=O) groups is 1. The Hall–Kier alpha value is -2.88. The molecule has 4 nitrogen and oxygen atoms in total. The Labute approximate surface area is 135 Å². The third kappa shape index (κ3) is 3.66. The van der Waals surface area contributed by atoms with E-state index in [2.05, 4.69) is 10.3 Å². The van der Waals surface area contributed by atoms with Gasteiger partial charge in [-0.3, -0.25) is 4.79 Å². The summed E-state index contributed by atoms with van der Waals surface area (Å²) < 4.78 is 5.74. The van der Waals surface area contributed by atoms with E-state index in [0.717, 1.165) is 16.6 Å². The molecule has 116 valence electrons.